The molecule has 1 aliphatic rings. The Hall–Kier alpha value is -1.29. The molecule has 0 saturated carbocycles. The first-order valence-electron chi connectivity index (χ1n) is 5.36. The summed E-state index contributed by atoms with van der Waals surface area (Å²) in [5, 5.41) is 0. The zero-order valence-electron chi connectivity index (χ0n) is 9.50. The zero-order chi connectivity index (χ0) is 11.7. The fourth-order valence-corrected chi connectivity index (χ4v) is 1.90. The number of methoxy groups -OCH3 is 1. The van der Waals surface area contributed by atoms with E-state index in [1.165, 1.54) is 13.2 Å². The van der Waals surface area contributed by atoms with E-state index in [0.717, 1.165) is 12.0 Å². The monoisotopic (exact) mass is 225 g/mol. The molecule has 1 unspecified atom stereocenters. The predicted octanol–water partition coefficient (Wildman–Crippen LogP) is 1.73. The van der Waals surface area contributed by atoms with Crippen LogP contribution in [0.3, 0.4) is 0 Å². The highest BCUT2D eigenvalue weighted by molar-refractivity contribution is 5.43. The largest absolute Gasteiger partial charge is 0.494 e. The molecule has 0 radical (unpaired) electrons. The van der Waals surface area contributed by atoms with E-state index < -0.39 is 0 Å². The topological polar surface area (TPSA) is 44.5 Å². The standard InChI is InChI=1S/C12H16FNO2/c1-7(14)9-3-8-4-10(13)12(15-2)5-11(8)16-6-9/h4-5,7,9H,3,6,14H2,1-2H3/t7-,9?/m1/s1. The number of ether oxygens (including phenoxy) is 2. The number of fused-ring (bicyclic) bond motifs is 1. The van der Waals surface area contributed by atoms with Crippen molar-refractivity contribution in [3.8, 4) is 11.5 Å². The van der Waals surface area contributed by atoms with Gasteiger partial charge in [0.2, 0.25) is 0 Å². The van der Waals surface area contributed by atoms with Crippen LogP contribution in [-0.2, 0) is 6.42 Å². The Morgan fingerprint density at radius 1 is 1.56 bits per heavy atom. The van der Waals surface area contributed by atoms with Gasteiger partial charge in [0, 0.05) is 18.0 Å². The number of halogens is 1. The van der Waals surface area contributed by atoms with Crippen molar-refractivity contribution in [1.82, 2.24) is 0 Å². The number of rotatable bonds is 2. The van der Waals surface area contributed by atoms with E-state index in [4.69, 9.17) is 15.2 Å². The molecule has 4 heteroatoms. The van der Waals surface area contributed by atoms with Crippen LogP contribution in [-0.4, -0.2) is 19.8 Å². The first-order chi connectivity index (χ1) is 7.61. The molecule has 1 heterocycles. The van der Waals surface area contributed by atoms with Crippen molar-refractivity contribution in [2.45, 2.75) is 19.4 Å². The average molecular weight is 225 g/mol. The van der Waals surface area contributed by atoms with Crippen LogP contribution >= 0.6 is 0 Å². The van der Waals surface area contributed by atoms with E-state index in [1.807, 2.05) is 6.92 Å². The third kappa shape index (κ3) is 1.97. The molecule has 1 aliphatic heterocycles. The van der Waals surface area contributed by atoms with E-state index in [-0.39, 0.29) is 23.5 Å². The molecule has 0 saturated heterocycles. The molecule has 0 bridgehead atoms. The number of hydrogen-bond donors (Lipinski definition) is 1. The van der Waals surface area contributed by atoms with Crippen molar-refractivity contribution in [1.29, 1.82) is 0 Å². The van der Waals surface area contributed by atoms with Gasteiger partial charge in [0.25, 0.3) is 0 Å². The summed E-state index contributed by atoms with van der Waals surface area (Å²) in [6.07, 6.45) is 0.758. The van der Waals surface area contributed by atoms with Crippen LogP contribution in [0.4, 0.5) is 4.39 Å². The van der Waals surface area contributed by atoms with Crippen LogP contribution in [0.25, 0.3) is 0 Å². The molecule has 16 heavy (non-hydrogen) atoms. The van der Waals surface area contributed by atoms with Gasteiger partial charge in [-0.3, -0.25) is 0 Å². The quantitative estimate of drug-likeness (QED) is 0.833. The van der Waals surface area contributed by atoms with Crippen LogP contribution in [0.5, 0.6) is 11.5 Å². The van der Waals surface area contributed by atoms with Crippen LogP contribution in [0.1, 0.15) is 12.5 Å². The Bertz CT molecular complexity index is 393. The fourth-order valence-electron chi connectivity index (χ4n) is 1.90. The lowest BCUT2D eigenvalue weighted by molar-refractivity contribution is 0.202. The molecule has 0 fully saturated rings. The first-order valence-corrected chi connectivity index (χ1v) is 5.36. The van der Waals surface area contributed by atoms with Crippen molar-refractivity contribution < 1.29 is 13.9 Å². The molecule has 0 aliphatic carbocycles. The Labute approximate surface area is 94.3 Å². The molecule has 2 rings (SSSR count). The number of nitrogens with two attached hydrogens (primary N) is 1. The first kappa shape index (κ1) is 11.2. The summed E-state index contributed by atoms with van der Waals surface area (Å²) in [6, 6.07) is 3.13. The third-order valence-corrected chi connectivity index (χ3v) is 3.01. The summed E-state index contributed by atoms with van der Waals surface area (Å²) >= 11 is 0. The summed E-state index contributed by atoms with van der Waals surface area (Å²) in [5.74, 6) is 0.823. The lowest BCUT2D eigenvalue weighted by Crippen LogP contribution is -2.35. The molecule has 2 N–H and O–H groups in total. The van der Waals surface area contributed by atoms with Gasteiger partial charge in [-0.1, -0.05) is 0 Å². The lowest BCUT2D eigenvalue weighted by Gasteiger charge is -2.28. The molecule has 2 atom stereocenters. The smallest absolute Gasteiger partial charge is 0.165 e. The van der Waals surface area contributed by atoms with Crippen molar-refractivity contribution in [2.24, 2.45) is 11.7 Å². The minimum Gasteiger partial charge on any atom is -0.494 e. The van der Waals surface area contributed by atoms with Crippen LogP contribution in [0, 0.1) is 11.7 Å². The highest BCUT2D eigenvalue weighted by atomic mass is 19.1. The Kier molecular flexibility index (Phi) is 3.01. The Morgan fingerprint density at radius 2 is 2.31 bits per heavy atom. The normalized spacial score (nSPS) is 20.9. The van der Waals surface area contributed by atoms with Crippen molar-refractivity contribution in [2.75, 3.05) is 13.7 Å². The summed E-state index contributed by atoms with van der Waals surface area (Å²) in [4.78, 5) is 0. The number of benzene rings is 1. The van der Waals surface area contributed by atoms with Gasteiger partial charge in [0.1, 0.15) is 5.75 Å². The van der Waals surface area contributed by atoms with E-state index in [1.54, 1.807) is 6.07 Å². The summed E-state index contributed by atoms with van der Waals surface area (Å²) in [5.41, 5.74) is 6.69. The summed E-state index contributed by atoms with van der Waals surface area (Å²) in [7, 11) is 1.44. The van der Waals surface area contributed by atoms with Gasteiger partial charge in [-0.05, 0) is 25.0 Å². The van der Waals surface area contributed by atoms with Crippen molar-refractivity contribution in [3.63, 3.8) is 0 Å². The molecule has 0 aromatic heterocycles. The van der Waals surface area contributed by atoms with Crippen LogP contribution in [0.2, 0.25) is 0 Å². The summed E-state index contributed by atoms with van der Waals surface area (Å²) < 4.78 is 24.0. The molecular weight excluding hydrogens is 209 g/mol. The van der Waals surface area contributed by atoms with Crippen LogP contribution in [0.15, 0.2) is 12.1 Å². The molecule has 0 amide bonds. The average Bonchev–Trinajstić information content (AvgIpc) is 2.27. The van der Waals surface area contributed by atoms with E-state index in [9.17, 15) is 4.39 Å². The fraction of sp³-hybridized carbons (Fsp3) is 0.500. The van der Waals surface area contributed by atoms with Crippen molar-refractivity contribution >= 4 is 0 Å². The SMILES string of the molecule is COc1cc2c(cc1F)CC([C@@H](C)N)CO2. The van der Waals surface area contributed by atoms with Crippen LogP contribution < -0.4 is 15.2 Å². The van der Waals surface area contributed by atoms with E-state index in [2.05, 4.69) is 0 Å². The minimum absolute atomic E-state index is 0.0540. The second-order valence-electron chi connectivity index (χ2n) is 4.23. The molecule has 1 aromatic rings. The van der Waals surface area contributed by atoms with Gasteiger partial charge in [-0.2, -0.15) is 0 Å². The van der Waals surface area contributed by atoms with Gasteiger partial charge in [0.05, 0.1) is 13.7 Å². The lowest BCUT2D eigenvalue weighted by atomic mass is 9.91. The molecule has 88 valence electrons. The maximum Gasteiger partial charge on any atom is 0.165 e. The second kappa shape index (κ2) is 4.29. The maximum atomic E-state index is 13.5. The zero-order valence-corrected chi connectivity index (χ0v) is 9.50. The van der Waals surface area contributed by atoms with Gasteiger partial charge < -0.3 is 15.2 Å². The third-order valence-electron chi connectivity index (χ3n) is 3.01. The molecule has 0 spiro atoms. The molecule has 3 nitrogen and oxygen atoms in total. The second-order valence-corrected chi connectivity index (χ2v) is 4.23. The highest BCUT2D eigenvalue weighted by Gasteiger charge is 2.24. The summed E-state index contributed by atoms with van der Waals surface area (Å²) in [6.45, 7) is 2.53. The van der Waals surface area contributed by atoms with Gasteiger partial charge in [-0.15, -0.1) is 0 Å². The highest BCUT2D eigenvalue weighted by Crippen LogP contribution is 2.33. The van der Waals surface area contributed by atoms with E-state index in [0.29, 0.717) is 12.4 Å². The van der Waals surface area contributed by atoms with Crippen molar-refractivity contribution in [3.05, 3.63) is 23.5 Å². The predicted molar refractivity (Wildman–Crippen MR) is 59.3 cm³/mol. The van der Waals surface area contributed by atoms with Gasteiger partial charge in [0.15, 0.2) is 11.6 Å². The van der Waals surface area contributed by atoms with E-state index >= 15 is 0 Å². The van der Waals surface area contributed by atoms with Gasteiger partial charge >= 0.3 is 0 Å². The van der Waals surface area contributed by atoms with Gasteiger partial charge in [-0.25, -0.2) is 4.39 Å². The molecule has 1 aromatic carbocycles. The molecular formula is C12H16FNO2. The maximum absolute atomic E-state index is 13.5. The number of hydrogen-bond acceptors (Lipinski definition) is 3. The Balaban J connectivity index is 2.29. The minimum atomic E-state index is -0.352. The Morgan fingerprint density at radius 3 is 2.94 bits per heavy atom.